The van der Waals surface area contributed by atoms with Crippen molar-refractivity contribution in [2.24, 2.45) is 11.0 Å². The number of hydrazone groups is 1. The first-order valence-corrected chi connectivity index (χ1v) is 10.8. The van der Waals surface area contributed by atoms with Gasteiger partial charge in [-0.3, -0.25) is 9.69 Å². The first-order chi connectivity index (χ1) is 15.1. The number of carbonyl (C=O) groups is 1. The van der Waals surface area contributed by atoms with Gasteiger partial charge in [-0.05, 0) is 55.6 Å². The SMILES string of the molecule is CC1CCN(CC(=O)N2N=C(c3ccccc3F)C[C@@H]2c2ccc3c(c2)OCO3)CC1. The monoisotopic (exact) mass is 423 g/mol. The van der Waals surface area contributed by atoms with Gasteiger partial charge in [0.05, 0.1) is 18.3 Å². The molecule has 0 spiro atoms. The molecule has 162 valence electrons. The van der Waals surface area contributed by atoms with Gasteiger partial charge in [0.25, 0.3) is 5.91 Å². The van der Waals surface area contributed by atoms with Crippen molar-refractivity contribution in [3.63, 3.8) is 0 Å². The molecule has 0 N–H and O–H groups in total. The van der Waals surface area contributed by atoms with E-state index in [1.807, 2.05) is 18.2 Å². The quantitative estimate of drug-likeness (QED) is 0.747. The second kappa shape index (κ2) is 8.30. The third-order valence-corrected chi connectivity index (χ3v) is 6.37. The van der Waals surface area contributed by atoms with Gasteiger partial charge in [0.15, 0.2) is 11.5 Å². The van der Waals surface area contributed by atoms with Crippen molar-refractivity contribution >= 4 is 11.6 Å². The van der Waals surface area contributed by atoms with Crippen LogP contribution in [0.5, 0.6) is 11.5 Å². The Morgan fingerprint density at radius 2 is 1.90 bits per heavy atom. The number of hydrogen-bond acceptors (Lipinski definition) is 5. The Bertz CT molecular complexity index is 1020. The van der Waals surface area contributed by atoms with E-state index < -0.39 is 0 Å². The lowest BCUT2D eigenvalue weighted by atomic mass is 9.97. The minimum absolute atomic E-state index is 0.0661. The van der Waals surface area contributed by atoms with Gasteiger partial charge in [0.1, 0.15) is 5.82 Å². The maximum Gasteiger partial charge on any atom is 0.257 e. The van der Waals surface area contributed by atoms with Gasteiger partial charge in [-0.2, -0.15) is 5.10 Å². The van der Waals surface area contributed by atoms with E-state index in [2.05, 4.69) is 16.9 Å². The molecule has 31 heavy (non-hydrogen) atoms. The third-order valence-electron chi connectivity index (χ3n) is 6.37. The molecule has 2 aromatic carbocycles. The van der Waals surface area contributed by atoms with E-state index in [1.54, 1.807) is 18.2 Å². The summed E-state index contributed by atoms with van der Waals surface area (Å²) in [6.07, 6.45) is 2.65. The highest BCUT2D eigenvalue weighted by atomic mass is 19.1. The Kier molecular flexibility index (Phi) is 5.36. The van der Waals surface area contributed by atoms with Crippen LogP contribution in [-0.2, 0) is 4.79 Å². The molecule has 0 radical (unpaired) electrons. The van der Waals surface area contributed by atoms with Crippen LogP contribution in [0.25, 0.3) is 0 Å². The Hall–Kier alpha value is -2.93. The number of rotatable bonds is 4. The van der Waals surface area contributed by atoms with E-state index >= 15 is 0 Å². The summed E-state index contributed by atoms with van der Waals surface area (Å²) in [6.45, 7) is 4.59. The number of carbonyl (C=O) groups excluding carboxylic acids is 1. The minimum Gasteiger partial charge on any atom is -0.454 e. The molecule has 1 saturated heterocycles. The summed E-state index contributed by atoms with van der Waals surface area (Å²) in [5.74, 6) is 1.66. The number of amides is 1. The van der Waals surface area contributed by atoms with E-state index in [0.29, 0.717) is 41.7 Å². The lowest BCUT2D eigenvalue weighted by Crippen LogP contribution is -2.41. The molecule has 6 nitrogen and oxygen atoms in total. The van der Waals surface area contributed by atoms with Crippen molar-refractivity contribution < 1.29 is 18.7 Å². The average Bonchev–Trinajstić information content (AvgIpc) is 3.42. The molecule has 5 rings (SSSR count). The van der Waals surface area contributed by atoms with Crippen LogP contribution in [0.3, 0.4) is 0 Å². The summed E-state index contributed by atoms with van der Waals surface area (Å²) in [5, 5.41) is 6.15. The van der Waals surface area contributed by atoms with Gasteiger partial charge in [-0.15, -0.1) is 0 Å². The van der Waals surface area contributed by atoms with Gasteiger partial charge in [-0.25, -0.2) is 9.40 Å². The zero-order valence-electron chi connectivity index (χ0n) is 17.6. The van der Waals surface area contributed by atoms with Gasteiger partial charge in [0.2, 0.25) is 6.79 Å². The van der Waals surface area contributed by atoms with Crippen LogP contribution in [-0.4, -0.2) is 48.0 Å². The Morgan fingerprint density at radius 3 is 2.71 bits per heavy atom. The highest BCUT2D eigenvalue weighted by molar-refractivity contribution is 6.03. The number of hydrogen-bond donors (Lipinski definition) is 0. The van der Waals surface area contributed by atoms with Crippen molar-refractivity contribution in [3.05, 3.63) is 59.4 Å². The number of nitrogens with zero attached hydrogens (tertiary/aromatic N) is 3. The highest BCUT2D eigenvalue weighted by Gasteiger charge is 2.35. The summed E-state index contributed by atoms with van der Waals surface area (Å²) in [4.78, 5) is 15.5. The van der Waals surface area contributed by atoms with E-state index in [4.69, 9.17) is 9.47 Å². The minimum atomic E-state index is -0.329. The van der Waals surface area contributed by atoms with E-state index in [-0.39, 0.29) is 24.6 Å². The zero-order chi connectivity index (χ0) is 21.4. The molecule has 0 aliphatic carbocycles. The van der Waals surface area contributed by atoms with Crippen LogP contribution in [0, 0.1) is 11.7 Å². The van der Waals surface area contributed by atoms with Crippen molar-refractivity contribution in [2.75, 3.05) is 26.4 Å². The summed E-state index contributed by atoms with van der Waals surface area (Å²) in [6, 6.07) is 12.0. The van der Waals surface area contributed by atoms with Gasteiger partial charge in [-0.1, -0.05) is 31.2 Å². The van der Waals surface area contributed by atoms with Gasteiger partial charge >= 0.3 is 0 Å². The largest absolute Gasteiger partial charge is 0.454 e. The highest BCUT2D eigenvalue weighted by Crippen LogP contribution is 2.39. The number of piperidine rings is 1. The maximum atomic E-state index is 14.5. The van der Waals surface area contributed by atoms with Crippen molar-refractivity contribution in [3.8, 4) is 11.5 Å². The molecule has 1 fully saturated rings. The lowest BCUT2D eigenvalue weighted by Gasteiger charge is -2.31. The second-order valence-electron chi connectivity index (χ2n) is 8.56. The second-order valence-corrected chi connectivity index (χ2v) is 8.56. The number of ether oxygens (including phenoxy) is 2. The van der Waals surface area contributed by atoms with Crippen LogP contribution in [0.15, 0.2) is 47.6 Å². The molecule has 0 aromatic heterocycles. The fourth-order valence-corrected chi connectivity index (χ4v) is 4.46. The molecular formula is C24H26FN3O3. The van der Waals surface area contributed by atoms with Crippen LogP contribution < -0.4 is 9.47 Å². The van der Waals surface area contributed by atoms with Crippen molar-refractivity contribution in [2.45, 2.75) is 32.2 Å². The standard InChI is InChI=1S/C24H26FN3O3/c1-16-8-10-27(11-9-16)14-24(29)28-21(17-6-7-22-23(12-17)31-15-30-22)13-20(26-28)18-4-2-3-5-19(18)25/h2-7,12,16,21H,8-11,13-15H2,1H3/t21-/m1/s1. The predicted molar refractivity (Wildman–Crippen MR) is 115 cm³/mol. The molecule has 0 saturated carbocycles. The zero-order valence-corrected chi connectivity index (χ0v) is 17.6. The fourth-order valence-electron chi connectivity index (χ4n) is 4.46. The molecule has 3 aliphatic rings. The molecule has 1 amide bonds. The van der Waals surface area contributed by atoms with Crippen LogP contribution in [0.1, 0.15) is 43.4 Å². The molecule has 1 atom stereocenters. The molecule has 0 bridgehead atoms. The maximum absolute atomic E-state index is 14.5. The van der Waals surface area contributed by atoms with Crippen LogP contribution >= 0.6 is 0 Å². The lowest BCUT2D eigenvalue weighted by molar-refractivity contribution is -0.134. The summed E-state index contributed by atoms with van der Waals surface area (Å²) >= 11 is 0. The molecular weight excluding hydrogens is 397 g/mol. The van der Waals surface area contributed by atoms with Gasteiger partial charge in [0, 0.05) is 12.0 Å². The molecule has 2 aromatic rings. The van der Waals surface area contributed by atoms with Crippen LogP contribution in [0.2, 0.25) is 0 Å². The fraction of sp³-hybridized carbons (Fsp3) is 0.417. The molecule has 3 aliphatic heterocycles. The van der Waals surface area contributed by atoms with Crippen LogP contribution in [0.4, 0.5) is 4.39 Å². The summed E-state index contributed by atoms with van der Waals surface area (Å²) in [5.41, 5.74) is 1.93. The smallest absolute Gasteiger partial charge is 0.257 e. The first kappa shape index (κ1) is 20.0. The molecule has 7 heteroatoms. The third kappa shape index (κ3) is 4.02. The number of likely N-dealkylation sites (tertiary alicyclic amines) is 1. The molecule has 0 unspecified atom stereocenters. The Morgan fingerprint density at radius 1 is 1.13 bits per heavy atom. The summed E-state index contributed by atoms with van der Waals surface area (Å²) in [7, 11) is 0. The van der Waals surface area contributed by atoms with E-state index in [0.717, 1.165) is 31.5 Å². The molecule has 3 heterocycles. The van der Waals surface area contributed by atoms with Crippen molar-refractivity contribution in [1.29, 1.82) is 0 Å². The Labute approximate surface area is 181 Å². The first-order valence-electron chi connectivity index (χ1n) is 10.8. The normalized spacial score (nSPS) is 21.4. The Balaban J connectivity index is 1.43. The summed E-state index contributed by atoms with van der Waals surface area (Å²) < 4.78 is 25.4. The topological polar surface area (TPSA) is 54.4 Å². The van der Waals surface area contributed by atoms with Gasteiger partial charge < -0.3 is 9.47 Å². The van der Waals surface area contributed by atoms with E-state index in [1.165, 1.54) is 11.1 Å². The number of fused-ring (bicyclic) bond motifs is 1. The van der Waals surface area contributed by atoms with E-state index in [9.17, 15) is 9.18 Å². The average molecular weight is 423 g/mol. The number of halogens is 1. The number of benzene rings is 2. The van der Waals surface area contributed by atoms with Crippen molar-refractivity contribution in [1.82, 2.24) is 9.91 Å². The predicted octanol–water partition coefficient (Wildman–Crippen LogP) is 3.96.